The van der Waals surface area contributed by atoms with Crippen molar-refractivity contribution < 1.29 is 4.79 Å². The van der Waals surface area contributed by atoms with Crippen molar-refractivity contribution in [3.05, 3.63) is 33.3 Å². The maximum Gasteiger partial charge on any atom is 0.176 e. The summed E-state index contributed by atoms with van der Waals surface area (Å²) in [7, 11) is 0. The lowest BCUT2D eigenvalue weighted by molar-refractivity contribution is 0.0995. The number of alkyl halides is 1. The number of carbonyl (C=O) groups is 1. The van der Waals surface area contributed by atoms with Crippen LogP contribution in [0.15, 0.2) is 16.6 Å². The minimum absolute atomic E-state index is 0.123. The molecule has 0 N–H and O–H groups in total. The highest BCUT2D eigenvalue weighted by atomic mass is 79.9. The molecule has 0 radical (unpaired) electrons. The van der Waals surface area contributed by atoms with Crippen LogP contribution in [0, 0.1) is 13.8 Å². The van der Waals surface area contributed by atoms with Crippen molar-refractivity contribution in [2.24, 2.45) is 0 Å². The molecule has 14 heavy (non-hydrogen) atoms. The monoisotopic (exact) mass is 318 g/mol. The van der Waals surface area contributed by atoms with Crippen molar-refractivity contribution >= 4 is 37.6 Å². The fourth-order valence-corrected chi connectivity index (χ4v) is 1.97. The molecular weight excluding hydrogens is 308 g/mol. The predicted octanol–water partition coefficient (Wildman–Crippen LogP) is 4.03. The zero-order chi connectivity index (χ0) is 10.9. The SMILES string of the molecule is Cc1cc(C(=O)C(C)Br)c(C)cc1Br. The summed E-state index contributed by atoms with van der Waals surface area (Å²) < 4.78 is 1.05. The van der Waals surface area contributed by atoms with E-state index in [9.17, 15) is 4.79 Å². The summed E-state index contributed by atoms with van der Waals surface area (Å²) in [5.74, 6) is 0.137. The van der Waals surface area contributed by atoms with E-state index in [0.29, 0.717) is 0 Å². The molecule has 0 aliphatic heterocycles. The van der Waals surface area contributed by atoms with Gasteiger partial charge in [-0.3, -0.25) is 4.79 Å². The van der Waals surface area contributed by atoms with E-state index in [4.69, 9.17) is 0 Å². The van der Waals surface area contributed by atoms with Gasteiger partial charge < -0.3 is 0 Å². The Labute approximate surface area is 101 Å². The van der Waals surface area contributed by atoms with Crippen molar-refractivity contribution in [3.63, 3.8) is 0 Å². The van der Waals surface area contributed by atoms with Crippen molar-refractivity contribution in [2.45, 2.75) is 25.6 Å². The minimum Gasteiger partial charge on any atom is -0.293 e. The van der Waals surface area contributed by atoms with Gasteiger partial charge in [0.05, 0.1) is 4.83 Å². The lowest BCUT2D eigenvalue weighted by Crippen LogP contribution is -2.11. The van der Waals surface area contributed by atoms with Crippen molar-refractivity contribution in [3.8, 4) is 0 Å². The Morgan fingerprint density at radius 3 is 2.36 bits per heavy atom. The van der Waals surface area contributed by atoms with Gasteiger partial charge in [0.2, 0.25) is 0 Å². The zero-order valence-corrected chi connectivity index (χ0v) is 11.6. The third kappa shape index (κ3) is 2.45. The molecule has 0 saturated carbocycles. The van der Waals surface area contributed by atoms with E-state index in [0.717, 1.165) is 21.2 Å². The third-order valence-corrected chi connectivity index (χ3v) is 3.40. The number of Topliss-reactive ketones (excluding diaryl/α,β-unsaturated/α-hetero) is 1. The highest BCUT2D eigenvalue weighted by Gasteiger charge is 2.15. The van der Waals surface area contributed by atoms with E-state index in [-0.39, 0.29) is 10.6 Å². The second kappa shape index (κ2) is 4.58. The van der Waals surface area contributed by atoms with Crippen LogP contribution in [-0.2, 0) is 0 Å². The second-order valence-electron chi connectivity index (χ2n) is 3.40. The third-order valence-electron chi connectivity index (χ3n) is 2.13. The number of halogens is 2. The summed E-state index contributed by atoms with van der Waals surface area (Å²) >= 11 is 6.74. The number of carbonyl (C=O) groups excluding carboxylic acids is 1. The molecule has 76 valence electrons. The Hall–Kier alpha value is -0.150. The molecule has 1 rings (SSSR count). The summed E-state index contributed by atoms with van der Waals surface area (Å²) in [6.07, 6.45) is 0. The fourth-order valence-electron chi connectivity index (χ4n) is 1.26. The summed E-state index contributed by atoms with van der Waals surface area (Å²) in [6.45, 7) is 5.78. The molecule has 0 aliphatic carbocycles. The fraction of sp³-hybridized carbons (Fsp3) is 0.364. The van der Waals surface area contributed by atoms with Gasteiger partial charge >= 0.3 is 0 Å². The van der Waals surface area contributed by atoms with Crippen LogP contribution >= 0.6 is 31.9 Å². The van der Waals surface area contributed by atoms with E-state index in [2.05, 4.69) is 31.9 Å². The normalized spacial score (nSPS) is 12.6. The van der Waals surface area contributed by atoms with Gasteiger partial charge in [-0.2, -0.15) is 0 Å². The maximum atomic E-state index is 11.8. The first kappa shape index (κ1) is 11.9. The Morgan fingerprint density at radius 2 is 1.86 bits per heavy atom. The largest absolute Gasteiger partial charge is 0.293 e. The lowest BCUT2D eigenvalue weighted by atomic mass is 10.0. The van der Waals surface area contributed by atoms with E-state index in [1.807, 2.05) is 32.9 Å². The van der Waals surface area contributed by atoms with Crippen molar-refractivity contribution in [1.29, 1.82) is 0 Å². The Balaban J connectivity index is 3.22. The average molecular weight is 320 g/mol. The van der Waals surface area contributed by atoms with Gasteiger partial charge in [-0.15, -0.1) is 0 Å². The van der Waals surface area contributed by atoms with Crippen LogP contribution in [0.4, 0.5) is 0 Å². The van der Waals surface area contributed by atoms with E-state index in [1.165, 1.54) is 0 Å². The zero-order valence-electron chi connectivity index (χ0n) is 8.40. The van der Waals surface area contributed by atoms with Crippen LogP contribution in [0.3, 0.4) is 0 Å². The predicted molar refractivity (Wildman–Crippen MR) is 66.3 cm³/mol. The summed E-state index contributed by atoms with van der Waals surface area (Å²) in [6, 6.07) is 3.91. The number of hydrogen-bond donors (Lipinski definition) is 0. The Bertz CT molecular complexity index is 370. The molecule has 0 aromatic heterocycles. The smallest absolute Gasteiger partial charge is 0.176 e. The van der Waals surface area contributed by atoms with Crippen molar-refractivity contribution in [1.82, 2.24) is 0 Å². The average Bonchev–Trinajstić information content (AvgIpc) is 2.10. The molecule has 0 aliphatic rings. The molecule has 0 fully saturated rings. The van der Waals surface area contributed by atoms with Crippen LogP contribution in [0.5, 0.6) is 0 Å². The van der Waals surface area contributed by atoms with Gasteiger partial charge in [-0.25, -0.2) is 0 Å². The van der Waals surface area contributed by atoms with Gasteiger partial charge in [0.15, 0.2) is 5.78 Å². The number of aryl methyl sites for hydroxylation is 2. The number of hydrogen-bond acceptors (Lipinski definition) is 1. The van der Waals surface area contributed by atoms with Gasteiger partial charge in [-0.1, -0.05) is 31.9 Å². The first-order valence-corrected chi connectivity index (χ1v) is 6.09. The summed E-state index contributed by atoms with van der Waals surface area (Å²) in [4.78, 5) is 11.6. The van der Waals surface area contributed by atoms with E-state index < -0.39 is 0 Å². The molecule has 3 heteroatoms. The van der Waals surface area contributed by atoms with Crippen LogP contribution in [-0.4, -0.2) is 10.6 Å². The van der Waals surface area contributed by atoms with E-state index in [1.54, 1.807) is 0 Å². The molecule has 0 bridgehead atoms. The summed E-state index contributed by atoms with van der Waals surface area (Å²) in [5.41, 5.74) is 2.90. The molecule has 1 aromatic carbocycles. The quantitative estimate of drug-likeness (QED) is 0.594. The maximum absolute atomic E-state index is 11.8. The Kier molecular flexibility index (Phi) is 3.90. The molecule has 0 amide bonds. The summed E-state index contributed by atoms with van der Waals surface area (Å²) in [5, 5.41) is 0. The minimum atomic E-state index is -0.123. The molecule has 1 atom stereocenters. The molecule has 1 aromatic rings. The van der Waals surface area contributed by atoms with Gasteiger partial charge in [0.25, 0.3) is 0 Å². The second-order valence-corrected chi connectivity index (χ2v) is 5.62. The number of rotatable bonds is 2. The molecule has 1 nitrogen and oxygen atoms in total. The van der Waals surface area contributed by atoms with Crippen molar-refractivity contribution in [2.75, 3.05) is 0 Å². The number of benzene rings is 1. The van der Waals surface area contributed by atoms with Gasteiger partial charge in [-0.05, 0) is 44.0 Å². The van der Waals surface area contributed by atoms with Crippen LogP contribution in [0.25, 0.3) is 0 Å². The standard InChI is InChI=1S/C11H12Br2O/c1-6-5-10(13)7(2)4-9(6)11(14)8(3)12/h4-5,8H,1-3H3. The number of ketones is 1. The van der Waals surface area contributed by atoms with Crippen LogP contribution in [0.1, 0.15) is 28.4 Å². The highest BCUT2D eigenvalue weighted by molar-refractivity contribution is 9.10. The van der Waals surface area contributed by atoms with Crippen LogP contribution in [0.2, 0.25) is 0 Å². The van der Waals surface area contributed by atoms with Crippen LogP contribution < -0.4 is 0 Å². The topological polar surface area (TPSA) is 17.1 Å². The first-order valence-electron chi connectivity index (χ1n) is 4.38. The molecule has 0 saturated heterocycles. The molecule has 0 spiro atoms. The van der Waals surface area contributed by atoms with E-state index >= 15 is 0 Å². The molecular formula is C11H12Br2O. The highest BCUT2D eigenvalue weighted by Crippen LogP contribution is 2.23. The van der Waals surface area contributed by atoms with Gasteiger partial charge in [0.1, 0.15) is 0 Å². The molecule has 0 heterocycles. The molecule has 1 unspecified atom stereocenters. The Morgan fingerprint density at radius 1 is 1.29 bits per heavy atom. The first-order chi connectivity index (χ1) is 6.43. The van der Waals surface area contributed by atoms with Gasteiger partial charge in [0, 0.05) is 10.0 Å². The lowest BCUT2D eigenvalue weighted by Gasteiger charge is -2.09.